The third-order valence-electron chi connectivity index (χ3n) is 5.83. The van der Waals surface area contributed by atoms with Gasteiger partial charge in [0.2, 0.25) is 0 Å². The molecule has 0 bridgehead atoms. The molecule has 1 aliphatic heterocycles. The lowest BCUT2D eigenvalue weighted by molar-refractivity contribution is -0.184. The van der Waals surface area contributed by atoms with Gasteiger partial charge in [-0.1, -0.05) is 35.3 Å². The van der Waals surface area contributed by atoms with E-state index >= 15 is 0 Å². The maximum Gasteiger partial charge on any atom is 0.393 e. The molecule has 1 saturated heterocycles. The first-order valence-corrected chi connectivity index (χ1v) is 13.4. The van der Waals surface area contributed by atoms with Gasteiger partial charge in [0.05, 0.1) is 27.1 Å². The van der Waals surface area contributed by atoms with Gasteiger partial charge < -0.3 is 9.64 Å². The van der Waals surface area contributed by atoms with Gasteiger partial charge >= 0.3 is 6.18 Å². The summed E-state index contributed by atoms with van der Waals surface area (Å²) in [5, 5.41) is 0.521. The zero-order valence-corrected chi connectivity index (χ0v) is 21.5. The Kier molecular flexibility index (Phi) is 7.91. The number of benzene rings is 3. The Bertz CT molecular complexity index is 1400. The van der Waals surface area contributed by atoms with E-state index in [1.54, 1.807) is 24.3 Å². The average Bonchev–Trinajstić information content (AvgIpc) is 2.86. The first-order valence-electron chi connectivity index (χ1n) is 11.1. The predicted octanol–water partition coefficient (Wildman–Crippen LogP) is 7.00. The number of likely N-dealkylation sites (tertiary alicyclic amines) is 1. The SMILES string of the molecule is O=C(c1cc(Cl)ccc1NS(=O)(=O)c1ccc(Oc2ccccc2Cl)cc1)N1CCC[C@H](C(F)(F)F)C1. The number of nitrogens with zero attached hydrogens (tertiary/aromatic N) is 1. The van der Waals surface area contributed by atoms with Gasteiger partial charge in [0.25, 0.3) is 15.9 Å². The predicted molar refractivity (Wildman–Crippen MR) is 135 cm³/mol. The second-order valence-electron chi connectivity index (χ2n) is 8.43. The lowest BCUT2D eigenvalue weighted by atomic mass is 9.96. The van der Waals surface area contributed by atoms with Crippen LogP contribution in [0.1, 0.15) is 23.2 Å². The highest BCUT2D eigenvalue weighted by Crippen LogP contribution is 2.35. The summed E-state index contributed by atoms with van der Waals surface area (Å²) in [6.07, 6.45) is -4.32. The molecule has 0 aliphatic carbocycles. The quantitative estimate of drug-likeness (QED) is 0.345. The Hall–Kier alpha value is -2.95. The smallest absolute Gasteiger partial charge is 0.393 e. The Labute approximate surface area is 222 Å². The third-order valence-corrected chi connectivity index (χ3v) is 7.76. The summed E-state index contributed by atoms with van der Waals surface area (Å²) in [5.74, 6) is -1.64. The molecular formula is C25H21Cl2F3N2O4S. The van der Waals surface area contributed by atoms with Crippen molar-refractivity contribution < 1.29 is 31.1 Å². The number of carbonyl (C=O) groups is 1. The van der Waals surface area contributed by atoms with E-state index in [2.05, 4.69) is 4.72 Å². The van der Waals surface area contributed by atoms with Crippen molar-refractivity contribution in [1.82, 2.24) is 4.90 Å². The molecule has 0 saturated carbocycles. The number of hydrogen-bond donors (Lipinski definition) is 1. The fourth-order valence-electron chi connectivity index (χ4n) is 3.93. The van der Waals surface area contributed by atoms with Crippen LogP contribution in [0.25, 0.3) is 0 Å². The maximum absolute atomic E-state index is 13.2. The number of alkyl halides is 3. The van der Waals surface area contributed by atoms with Gasteiger partial charge in [0, 0.05) is 18.1 Å². The van der Waals surface area contributed by atoms with Crippen molar-refractivity contribution in [2.75, 3.05) is 17.8 Å². The van der Waals surface area contributed by atoms with Crippen molar-refractivity contribution in [1.29, 1.82) is 0 Å². The Morgan fingerprint density at radius 2 is 1.73 bits per heavy atom. The highest BCUT2D eigenvalue weighted by atomic mass is 35.5. The summed E-state index contributed by atoms with van der Waals surface area (Å²) in [6.45, 7) is -0.384. The van der Waals surface area contributed by atoms with E-state index in [9.17, 15) is 26.4 Å². The fraction of sp³-hybridized carbons (Fsp3) is 0.240. The minimum atomic E-state index is -4.43. The van der Waals surface area contributed by atoms with E-state index < -0.39 is 34.6 Å². The number of anilines is 1. The lowest BCUT2D eigenvalue weighted by Gasteiger charge is -2.34. The monoisotopic (exact) mass is 572 g/mol. The molecular weight excluding hydrogens is 552 g/mol. The van der Waals surface area contributed by atoms with Crippen molar-refractivity contribution in [3.63, 3.8) is 0 Å². The number of piperidine rings is 1. The van der Waals surface area contributed by atoms with Gasteiger partial charge in [0.15, 0.2) is 0 Å². The number of para-hydroxylation sites is 1. The topological polar surface area (TPSA) is 75.7 Å². The molecule has 1 fully saturated rings. The third kappa shape index (κ3) is 6.49. The molecule has 196 valence electrons. The average molecular weight is 573 g/mol. The van der Waals surface area contributed by atoms with Gasteiger partial charge in [-0.2, -0.15) is 13.2 Å². The summed E-state index contributed by atoms with van der Waals surface area (Å²) >= 11 is 12.1. The van der Waals surface area contributed by atoms with Crippen LogP contribution in [-0.4, -0.2) is 38.5 Å². The van der Waals surface area contributed by atoms with Crippen molar-refractivity contribution in [2.24, 2.45) is 5.92 Å². The molecule has 3 aromatic rings. The van der Waals surface area contributed by atoms with E-state index in [1.165, 1.54) is 42.5 Å². The molecule has 1 amide bonds. The number of amides is 1. The van der Waals surface area contributed by atoms with E-state index in [4.69, 9.17) is 27.9 Å². The van der Waals surface area contributed by atoms with Gasteiger partial charge in [-0.25, -0.2) is 8.42 Å². The van der Waals surface area contributed by atoms with Crippen LogP contribution >= 0.6 is 23.2 Å². The molecule has 0 radical (unpaired) electrons. The zero-order valence-electron chi connectivity index (χ0n) is 19.1. The standard InChI is InChI=1S/C25H21Cl2F3N2O4S/c26-17-7-12-22(20(14-17)24(33)32-13-3-4-16(15-32)25(28,29)30)31-37(34,35)19-10-8-18(9-11-19)36-23-6-2-1-5-21(23)27/h1-2,5-12,14,16,31H,3-4,13,15H2/t16-/m0/s1. The molecule has 1 atom stereocenters. The summed E-state index contributed by atoms with van der Waals surface area (Å²) in [4.78, 5) is 14.1. The van der Waals surface area contributed by atoms with Gasteiger partial charge in [-0.3, -0.25) is 9.52 Å². The van der Waals surface area contributed by atoms with Crippen molar-refractivity contribution in [3.8, 4) is 11.5 Å². The molecule has 6 nitrogen and oxygen atoms in total. The maximum atomic E-state index is 13.2. The van der Waals surface area contributed by atoms with Crippen molar-refractivity contribution >= 4 is 44.8 Å². The van der Waals surface area contributed by atoms with Gasteiger partial charge in [-0.05, 0) is 67.4 Å². The van der Waals surface area contributed by atoms with Crippen molar-refractivity contribution in [2.45, 2.75) is 23.9 Å². The molecule has 37 heavy (non-hydrogen) atoms. The van der Waals surface area contributed by atoms with E-state index in [-0.39, 0.29) is 40.6 Å². The molecule has 0 unspecified atom stereocenters. The summed E-state index contributed by atoms with van der Waals surface area (Å²) in [5.41, 5.74) is -0.238. The van der Waals surface area contributed by atoms with E-state index in [1.807, 2.05) is 0 Å². The molecule has 0 spiro atoms. The molecule has 12 heteroatoms. The first-order chi connectivity index (χ1) is 17.4. The summed E-state index contributed by atoms with van der Waals surface area (Å²) in [6, 6.07) is 16.2. The van der Waals surface area contributed by atoms with Crippen LogP contribution < -0.4 is 9.46 Å². The largest absolute Gasteiger partial charge is 0.456 e. The number of sulfonamides is 1. The Morgan fingerprint density at radius 3 is 2.41 bits per heavy atom. The number of ether oxygens (including phenoxy) is 1. The Balaban J connectivity index is 1.54. The van der Waals surface area contributed by atoms with Crippen LogP contribution in [0.3, 0.4) is 0 Å². The summed E-state index contributed by atoms with van der Waals surface area (Å²) in [7, 11) is -4.17. The number of hydrogen-bond acceptors (Lipinski definition) is 4. The molecule has 1 aliphatic rings. The lowest BCUT2D eigenvalue weighted by Crippen LogP contribution is -2.44. The van der Waals surface area contributed by atoms with Gasteiger partial charge in [-0.15, -0.1) is 0 Å². The normalized spacial score (nSPS) is 16.4. The van der Waals surface area contributed by atoms with Crippen LogP contribution in [0.4, 0.5) is 18.9 Å². The zero-order chi connectivity index (χ0) is 26.8. The van der Waals surface area contributed by atoms with Crippen molar-refractivity contribution in [3.05, 3.63) is 82.3 Å². The van der Waals surface area contributed by atoms with Gasteiger partial charge in [0.1, 0.15) is 11.5 Å². The number of rotatable bonds is 6. The van der Waals surface area contributed by atoms with Crippen LogP contribution in [0.15, 0.2) is 71.6 Å². The molecule has 1 heterocycles. The van der Waals surface area contributed by atoms with Crippen LogP contribution in [0.2, 0.25) is 10.0 Å². The van der Waals surface area contributed by atoms with E-state index in [0.29, 0.717) is 16.5 Å². The molecule has 3 aromatic carbocycles. The second kappa shape index (κ2) is 10.8. The summed E-state index contributed by atoms with van der Waals surface area (Å²) < 4.78 is 73.9. The number of halogens is 5. The van der Waals surface area contributed by atoms with Crippen LogP contribution in [0.5, 0.6) is 11.5 Å². The van der Waals surface area contributed by atoms with E-state index in [0.717, 1.165) is 4.90 Å². The van der Waals surface area contributed by atoms with Crippen LogP contribution in [0, 0.1) is 5.92 Å². The highest BCUT2D eigenvalue weighted by Gasteiger charge is 2.43. The Morgan fingerprint density at radius 1 is 1.03 bits per heavy atom. The molecule has 0 aromatic heterocycles. The molecule has 4 rings (SSSR count). The fourth-order valence-corrected chi connectivity index (χ4v) is 5.35. The first kappa shape index (κ1) is 27.1. The minimum Gasteiger partial charge on any atom is -0.456 e. The number of carbonyl (C=O) groups excluding carboxylic acids is 1. The van der Waals surface area contributed by atoms with Crippen LogP contribution in [-0.2, 0) is 10.0 Å². The number of nitrogens with one attached hydrogen (secondary N) is 1. The second-order valence-corrected chi connectivity index (χ2v) is 11.0. The highest BCUT2D eigenvalue weighted by molar-refractivity contribution is 7.92. The minimum absolute atomic E-state index is 0.0709. The molecule has 1 N–H and O–H groups in total.